The fourth-order valence-electron chi connectivity index (χ4n) is 1.66. The molecule has 0 saturated carbocycles. The minimum Gasteiger partial charge on any atom is -0.389 e. The van der Waals surface area contributed by atoms with Crippen molar-refractivity contribution < 1.29 is 5.11 Å². The van der Waals surface area contributed by atoms with Crippen molar-refractivity contribution in [3.63, 3.8) is 0 Å². The van der Waals surface area contributed by atoms with Crippen LogP contribution < -0.4 is 10.6 Å². The number of rotatable bonds is 2. The molecule has 1 aliphatic rings. The zero-order chi connectivity index (χ0) is 11.4. The predicted octanol–water partition coefficient (Wildman–Crippen LogP) is 0.405. The molecular formula is C12H17N3O. The molecule has 0 fully saturated rings. The number of aliphatic imine (C=N–C) groups is 1. The molecule has 3 N–H and O–H groups in total. The normalized spacial score (nSPS) is 19.9. The van der Waals surface area contributed by atoms with Crippen LogP contribution in [0.4, 0.5) is 0 Å². The molecule has 2 rings (SSSR count). The SMILES string of the molecule is Cc1cccc(CNC2=NCC(O)CN2)c1. The van der Waals surface area contributed by atoms with Gasteiger partial charge in [-0.05, 0) is 12.5 Å². The number of hydrogen-bond acceptors (Lipinski definition) is 4. The van der Waals surface area contributed by atoms with E-state index >= 15 is 0 Å². The number of nitrogens with zero attached hydrogens (tertiary/aromatic N) is 1. The van der Waals surface area contributed by atoms with E-state index in [1.54, 1.807) is 0 Å². The van der Waals surface area contributed by atoms with E-state index < -0.39 is 0 Å². The first-order valence-electron chi connectivity index (χ1n) is 5.50. The van der Waals surface area contributed by atoms with Crippen LogP contribution in [0.5, 0.6) is 0 Å². The van der Waals surface area contributed by atoms with Gasteiger partial charge < -0.3 is 15.7 Å². The van der Waals surface area contributed by atoms with Crippen LogP contribution in [0.1, 0.15) is 11.1 Å². The lowest BCUT2D eigenvalue weighted by Crippen LogP contribution is -2.45. The quantitative estimate of drug-likeness (QED) is 0.675. The number of benzene rings is 1. The maximum Gasteiger partial charge on any atom is 0.191 e. The monoisotopic (exact) mass is 219 g/mol. The predicted molar refractivity (Wildman–Crippen MR) is 64.3 cm³/mol. The van der Waals surface area contributed by atoms with Crippen LogP contribution in [-0.2, 0) is 6.54 Å². The lowest BCUT2D eigenvalue weighted by atomic mass is 10.1. The number of nitrogens with one attached hydrogen (secondary N) is 2. The Hall–Kier alpha value is -1.55. The van der Waals surface area contributed by atoms with Gasteiger partial charge in [-0.2, -0.15) is 0 Å². The van der Waals surface area contributed by atoms with Crippen LogP contribution >= 0.6 is 0 Å². The van der Waals surface area contributed by atoms with Crippen molar-refractivity contribution in [3.8, 4) is 0 Å². The van der Waals surface area contributed by atoms with Crippen molar-refractivity contribution in [1.29, 1.82) is 0 Å². The third-order valence-corrected chi connectivity index (χ3v) is 2.51. The molecule has 4 nitrogen and oxygen atoms in total. The zero-order valence-corrected chi connectivity index (χ0v) is 9.40. The van der Waals surface area contributed by atoms with Gasteiger partial charge in [-0.3, -0.25) is 4.99 Å². The Morgan fingerprint density at radius 1 is 1.56 bits per heavy atom. The fourth-order valence-corrected chi connectivity index (χ4v) is 1.66. The molecule has 1 aromatic carbocycles. The van der Waals surface area contributed by atoms with Gasteiger partial charge in [0.1, 0.15) is 0 Å². The Balaban J connectivity index is 1.88. The van der Waals surface area contributed by atoms with Crippen LogP contribution in [0, 0.1) is 6.92 Å². The third kappa shape index (κ3) is 2.97. The number of β-amino-alcohol motifs (C(OH)–C–C–N with tert-alkyl or cyclic N) is 1. The summed E-state index contributed by atoms with van der Waals surface area (Å²) in [6.45, 7) is 3.88. The molecule has 1 unspecified atom stereocenters. The van der Waals surface area contributed by atoms with Gasteiger partial charge in [-0.25, -0.2) is 0 Å². The molecule has 16 heavy (non-hydrogen) atoms. The Kier molecular flexibility index (Phi) is 3.41. The Morgan fingerprint density at radius 2 is 2.44 bits per heavy atom. The molecule has 0 spiro atoms. The summed E-state index contributed by atoms with van der Waals surface area (Å²) in [6.07, 6.45) is -0.357. The third-order valence-electron chi connectivity index (χ3n) is 2.51. The average molecular weight is 219 g/mol. The Morgan fingerprint density at radius 3 is 3.12 bits per heavy atom. The van der Waals surface area contributed by atoms with Crippen LogP contribution in [0.15, 0.2) is 29.3 Å². The van der Waals surface area contributed by atoms with Crippen molar-refractivity contribution in [2.45, 2.75) is 19.6 Å². The number of aryl methyl sites for hydroxylation is 1. The van der Waals surface area contributed by atoms with Gasteiger partial charge in [0.15, 0.2) is 5.96 Å². The Bertz CT molecular complexity index is 390. The molecule has 0 bridgehead atoms. The van der Waals surface area contributed by atoms with Gasteiger partial charge in [-0.1, -0.05) is 29.8 Å². The Labute approximate surface area is 95.4 Å². The summed E-state index contributed by atoms with van der Waals surface area (Å²) >= 11 is 0. The number of aliphatic hydroxyl groups excluding tert-OH is 1. The maximum absolute atomic E-state index is 9.25. The molecule has 1 aromatic rings. The van der Waals surface area contributed by atoms with Gasteiger partial charge in [0.25, 0.3) is 0 Å². The van der Waals surface area contributed by atoms with E-state index in [1.165, 1.54) is 11.1 Å². The molecule has 86 valence electrons. The largest absolute Gasteiger partial charge is 0.389 e. The lowest BCUT2D eigenvalue weighted by molar-refractivity contribution is 0.180. The van der Waals surface area contributed by atoms with Gasteiger partial charge in [0, 0.05) is 13.1 Å². The van der Waals surface area contributed by atoms with Crippen LogP contribution in [0.25, 0.3) is 0 Å². The summed E-state index contributed by atoms with van der Waals surface area (Å²) in [6, 6.07) is 8.35. The van der Waals surface area contributed by atoms with Crippen LogP contribution in [0.3, 0.4) is 0 Å². The van der Waals surface area contributed by atoms with E-state index in [0.29, 0.717) is 13.1 Å². The highest BCUT2D eigenvalue weighted by Gasteiger charge is 2.10. The number of aliphatic hydroxyl groups is 1. The van der Waals surface area contributed by atoms with Gasteiger partial charge in [-0.15, -0.1) is 0 Å². The van der Waals surface area contributed by atoms with E-state index in [2.05, 4.69) is 40.7 Å². The average Bonchev–Trinajstić information content (AvgIpc) is 2.28. The van der Waals surface area contributed by atoms with Gasteiger partial charge in [0.05, 0.1) is 12.6 Å². The first-order chi connectivity index (χ1) is 7.74. The summed E-state index contributed by atoms with van der Waals surface area (Å²) in [7, 11) is 0. The smallest absolute Gasteiger partial charge is 0.191 e. The molecule has 1 aliphatic heterocycles. The molecular weight excluding hydrogens is 202 g/mol. The first kappa shape index (κ1) is 11.0. The molecule has 1 atom stereocenters. The lowest BCUT2D eigenvalue weighted by Gasteiger charge is -2.19. The summed E-state index contributed by atoms with van der Waals surface area (Å²) in [4.78, 5) is 4.19. The molecule has 4 heteroatoms. The summed E-state index contributed by atoms with van der Waals surface area (Å²) in [5.41, 5.74) is 2.49. The minimum atomic E-state index is -0.357. The maximum atomic E-state index is 9.25. The van der Waals surface area contributed by atoms with Crippen molar-refractivity contribution >= 4 is 5.96 Å². The highest BCUT2D eigenvalue weighted by atomic mass is 16.3. The van der Waals surface area contributed by atoms with Crippen LogP contribution in [-0.4, -0.2) is 30.3 Å². The second-order valence-corrected chi connectivity index (χ2v) is 4.07. The summed E-state index contributed by atoms with van der Waals surface area (Å²) in [5, 5.41) is 15.5. The molecule has 0 saturated heterocycles. The molecule has 0 aromatic heterocycles. The van der Waals surface area contributed by atoms with Crippen molar-refractivity contribution in [3.05, 3.63) is 35.4 Å². The second kappa shape index (κ2) is 4.99. The van der Waals surface area contributed by atoms with Gasteiger partial charge >= 0.3 is 0 Å². The van der Waals surface area contributed by atoms with Crippen molar-refractivity contribution in [2.24, 2.45) is 4.99 Å². The van der Waals surface area contributed by atoms with Crippen molar-refractivity contribution in [2.75, 3.05) is 13.1 Å². The second-order valence-electron chi connectivity index (χ2n) is 4.07. The van der Waals surface area contributed by atoms with E-state index in [9.17, 15) is 5.11 Å². The molecule has 0 radical (unpaired) electrons. The number of guanidine groups is 1. The molecule has 1 heterocycles. The molecule has 0 amide bonds. The topological polar surface area (TPSA) is 56.7 Å². The minimum absolute atomic E-state index is 0.357. The summed E-state index contributed by atoms with van der Waals surface area (Å²) in [5.74, 6) is 0.770. The highest BCUT2D eigenvalue weighted by Crippen LogP contribution is 2.03. The molecule has 0 aliphatic carbocycles. The number of hydrogen-bond donors (Lipinski definition) is 3. The van der Waals surface area contributed by atoms with E-state index in [-0.39, 0.29) is 6.10 Å². The highest BCUT2D eigenvalue weighted by molar-refractivity contribution is 5.80. The zero-order valence-electron chi connectivity index (χ0n) is 9.40. The fraction of sp³-hybridized carbons (Fsp3) is 0.417. The van der Waals surface area contributed by atoms with Gasteiger partial charge in [0.2, 0.25) is 0 Å². The van der Waals surface area contributed by atoms with Crippen LogP contribution in [0.2, 0.25) is 0 Å². The van der Waals surface area contributed by atoms with E-state index in [1.807, 2.05) is 6.07 Å². The van der Waals surface area contributed by atoms with E-state index in [4.69, 9.17) is 0 Å². The standard InChI is InChI=1S/C12H17N3O/c1-9-3-2-4-10(5-9)6-13-12-14-7-11(16)8-15-12/h2-5,11,16H,6-8H2,1H3,(H2,13,14,15). The summed E-state index contributed by atoms with van der Waals surface area (Å²) < 4.78 is 0. The van der Waals surface area contributed by atoms with E-state index in [0.717, 1.165) is 12.5 Å². The first-order valence-corrected chi connectivity index (χ1v) is 5.50. The van der Waals surface area contributed by atoms with Crippen molar-refractivity contribution in [1.82, 2.24) is 10.6 Å².